The van der Waals surface area contributed by atoms with Gasteiger partial charge in [0.05, 0.1) is 5.41 Å². The van der Waals surface area contributed by atoms with E-state index in [1.54, 1.807) is 0 Å². The van der Waals surface area contributed by atoms with E-state index in [9.17, 15) is 0 Å². The molecule has 1 spiro atoms. The Bertz CT molecular complexity index is 2200. The third kappa shape index (κ3) is 2.48. The van der Waals surface area contributed by atoms with Gasteiger partial charge in [-0.05, 0) is 101 Å². The van der Waals surface area contributed by atoms with Gasteiger partial charge in [0.15, 0.2) is 0 Å². The lowest BCUT2D eigenvalue weighted by Gasteiger charge is -2.30. The van der Waals surface area contributed by atoms with Crippen LogP contribution in [0.25, 0.3) is 66.4 Å². The second-order valence-electron chi connectivity index (χ2n) is 11.6. The molecule has 0 atom stereocenters. The molecule has 0 fully saturated rings. The minimum Gasteiger partial charge on any atom is -0.0622 e. The van der Waals surface area contributed by atoms with Crippen LogP contribution in [0.1, 0.15) is 22.3 Å². The molecule has 0 heterocycles. The molecule has 0 aliphatic heterocycles. The maximum absolute atomic E-state index is 2.55. The van der Waals surface area contributed by atoms with Gasteiger partial charge in [0.2, 0.25) is 0 Å². The van der Waals surface area contributed by atoms with Crippen molar-refractivity contribution in [2.45, 2.75) is 5.41 Å². The molecule has 41 heavy (non-hydrogen) atoms. The maximum Gasteiger partial charge on any atom is 0.0725 e. The van der Waals surface area contributed by atoms with Gasteiger partial charge < -0.3 is 0 Å². The van der Waals surface area contributed by atoms with E-state index in [2.05, 4.69) is 146 Å². The third-order valence-electron chi connectivity index (χ3n) is 9.82. The van der Waals surface area contributed by atoms with Crippen LogP contribution in [0.2, 0.25) is 0 Å². The molecule has 0 saturated carbocycles. The second-order valence-corrected chi connectivity index (χ2v) is 11.6. The molecule has 0 nitrogen and oxygen atoms in total. The molecule has 0 aromatic heterocycles. The van der Waals surface area contributed by atoms with Gasteiger partial charge in [0, 0.05) is 0 Å². The molecule has 0 heteroatoms. The zero-order valence-electron chi connectivity index (χ0n) is 22.4. The van der Waals surface area contributed by atoms with Crippen LogP contribution in [-0.4, -0.2) is 0 Å². The van der Waals surface area contributed by atoms with Crippen LogP contribution in [0.5, 0.6) is 0 Å². The summed E-state index contributed by atoms with van der Waals surface area (Å²) in [6, 6.07) is 54.5. The number of rotatable bonds is 1. The highest BCUT2D eigenvalue weighted by atomic mass is 14.5. The highest BCUT2D eigenvalue weighted by Gasteiger charge is 2.52. The van der Waals surface area contributed by atoms with Crippen LogP contribution in [0.15, 0.2) is 146 Å². The number of benzene rings is 7. The first kappa shape index (κ1) is 21.6. The van der Waals surface area contributed by atoms with Gasteiger partial charge in [-0.1, -0.05) is 133 Å². The van der Waals surface area contributed by atoms with Crippen molar-refractivity contribution < 1.29 is 0 Å². The Labute approximate surface area is 239 Å². The summed E-state index contributed by atoms with van der Waals surface area (Å²) in [5.74, 6) is 0. The van der Waals surface area contributed by atoms with Crippen molar-refractivity contribution >= 4 is 10.8 Å². The van der Waals surface area contributed by atoms with Crippen molar-refractivity contribution in [3.63, 3.8) is 0 Å². The van der Waals surface area contributed by atoms with Gasteiger partial charge in [-0.25, -0.2) is 0 Å². The molecule has 0 unspecified atom stereocenters. The lowest BCUT2D eigenvalue weighted by atomic mass is 9.70. The Balaban J connectivity index is 1.35. The van der Waals surface area contributed by atoms with Gasteiger partial charge in [0.25, 0.3) is 0 Å². The number of fused-ring (bicyclic) bond motifs is 14. The second kappa shape index (κ2) is 7.50. The fourth-order valence-electron chi connectivity index (χ4n) is 8.31. The Hall–Kier alpha value is -5.20. The minimum absolute atomic E-state index is 0.327. The molecular formula is C41H24. The quantitative estimate of drug-likeness (QED) is 0.204. The first-order valence-corrected chi connectivity index (χ1v) is 14.5. The van der Waals surface area contributed by atoms with Gasteiger partial charge in [-0.15, -0.1) is 0 Å². The van der Waals surface area contributed by atoms with Crippen LogP contribution in [0, 0.1) is 0 Å². The van der Waals surface area contributed by atoms with E-state index < -0.39 is 0 Å². The molecule has 0 N–H and O–H groups in total. The average molecular weight is 517 g/mol. The topological polar surface area (TPSA) is 0 Å². The van der Waals surface area contributed by atoms with Crippen LogP contribution in [-0.2, 0) is 5.41 Å². The van der Waals surface area contributed by atoms with Crippen molar-refractivity contribution in [2.24, 2.45) is 0 Å². The maximum atomic E-state index is 2.55. The van der Waals surface area contributed by atoms with E-state index in [4.69, 9.17) is 0 Å². The molecule has 7 aromatic carbocycles. The average Bonchev–Trinajstić information content (AvgIpc) is 3.64. The van der Waals surface area contributed by atoms with E-state index in [1.807, 2.05) is 0 Å². The number of hydrogen-bond acceptors (Lipinski definition) is 0. The van der Waals surface area contributed by atoms with E-state index in [0.29, 0.717) is 0 Å². The van der Waals surface area contributed by atoms with Gasteiger partial charge in [-0.3, -0.25) is 0 Å². The van der Waals surface area contributed by atoms with Crippen LogP contribution >= 0.6 is 0 Å². The largest absolute Gasteiger partial charge is 0.0725 e. The lowest BCUT2D eigenvalue weighted by molar-refractivity contribution is 0.795. The predicted octanol–water partition coefficient (Wildman–Crippen LogP) is 10.5. The summed E-state index contributed by atoms with van der Waals surface area (Å²) in [4.78, 5) is 0. The van der Waals surface area contributed by atoms with Crippen LogP contribution in [0.3, 0.4) is 0 Å². The van der Waals surface area contributed by atoms with E-state index in [1.165, 1.54) is 88.7 Å². The Kier molecular flexibility index (Phi) is 3.95. The highest BCUT2D eigenvalue weighted by molar-refractivity contribution is 6.21. The van der Waals surface area contributed by atoms with Gasteiger partial charge in [0.1, 0.15) is 0 Å². The fourth-order valence-corrected chi connectivity index (χ4v) is 8.31. The summed E-state index contributed by atoms with van der Waals surface area (Å²) in [7, 11) is 0. The highest BCUT2D eigenvalue weighted by Crippen LogP contribution is 2.65. The van der Waals surface area contributed by atoms with E-state index in [0.717, 1.165) is 0 Å². The zero-order valence-corrected chi connectivity index (χ0v) is 22.4. The summed E-state index contributed by atoms with van der Waals surface area (Å²) in [5.41, 5.74) is 18.6. The van der Waals surface area contributed by atoms with Crippen LogP contribution < -0.4 is 0 Å². The SMILES string of the molecule is c1ccc(-c2ccc3c(c2)-c2cccc4c5c(cc-3c24)C2(c3ccccc3-c3ccccc32)c2ccccc2-5)cc1. The molecule has 0 amide bonds. The smallest absolute Gasteiger partial charge is 0.0622 e. The summed E-state index contributed by atoms with van der Waals surface area (Å²) in [6.07, 6.45) is 0. The molecule has 0 bridgehead atoms. The Morgan fingerprint density at radius 2 is 0.927 bits per heavy atom. The molecule has 0 radical (unpaired) electrons. The lowest BCUT2D eigenvalue weighted by Crippen LogP contribution is -2.25. The number of hydrogen-bond donors (Lipinski definition) is 0. The third-order valence-corrected chi connectivity index (χ3v) is 9.82. The molecule has 7 aromatic rings. The summed E-state index contributed by atoms with van der Waals surface area (Å²) >= 11 is 0. The van der Waals surface area contributed by atoms with Crippen molar-refractivity contribution in [2.75, 3.05) is 0 Å². The van der Waals surface area contributed by atoms with Gasteiger partial charge >= 0.3 is 0 Å². The van der Waals surface area contributed by atoms with E-state index in [-0.39, 0.29) is 5.41 Å². The van der Waals surface area contributed by atoms with E-state index >= 15 is 0 Å². The molecule has 10 rings (SSSR count). The molecular weight excluding hydrogens is 492 g/mol. The molecule has 3 aliphatic rings. The fraction of sp³-hybridized carbons (Fsp3) is 0.0244. The monoisotopic (exact) mass is 516 g/mol. The zero-order chi connectivity index (χ0) is 26.7. The summed E-state index contributed by atoms with van der Waals surface area (Å²) in [6.45, 7) is 0. The molecule has 3 aliphatic carbocycles. The predicted molar refractivity (Wildman–Crippen MR) is 170 cm³/mol. The Morgan fingerprint density at radius 1 is 0.317 bits per heavy atom. The minimum atomic E-state index is -0.327. The van der Waals surface area contributed by atoms with Crippen molar-refractivity contribution in [1.29, 1.82) is 0 Å². The van der Waals surface area contributed by atoms with Gasteiger partial charge in [-0.2, -0.15) is 0 Å². The Morgan fingerprint density at radius 3 is 1.66 bits per heavy atom. The van der Waals surface area contributed by atoms with Crippen molar-refractivity contribution in [1.82, 2.24) is 0 Å². The molecule has 188 valence electrons. The molecule has 0 saturated heterocycles. The van der Waals surface area contributed by atoms with Crippen molar-refractivity contribution in [3.05, 3.63) is 168 Å². The van der Waals surface area contributed by atoms with Crippen LogP contribution in [0.4, 0.5) is 0 Å². The standard InChI is InChI=1S/C41H24/c1-2-11-25(12-3-1)26-21-22-27-33(23-26)30-16-10-17-32-39(30)34(27)24-38-40(32)31-15-6-9-20-37(31)41(38)35-18-7-4-13-28(35)29-14-5-8-19-36(29)41/h1-24H. The normalized spacial score (nSPS) is 14.0. The van der Waals surface area contributed by atoms with Crippen molar-refractivity contribution in [3.8, 4) is 55.6 Å². The summed E-state index contributed by atoms with van der Waals surface area (Å²) < 4.78 is 0. The first-order chi connectivity index (χ1) is 20.4. The summed E-state index contributed by atoms with van der Waals surface area (Å²) in [5, 5.41) is 2.75. The first-order valence-electron chi connectivity index (χ1n) is 14.5.